The number of hydrogen-bond acceptors (Lipinski definition) is 3. The quantitative estimate of drug-likeness (QED) is 0.850. The molecule has 0 radical (unpaired) electrons. The smallest absolute Gasteiger partial charge is 0.446 e. The maximum absolute atomic E-state index is 12.3. The number of H-pyrrole nitrogens is 1. The number of nitrogens with zero attached hydrogens (tertiary/aromatic N) is 1. The van der Waals surface area contributed by atoms with Crippen molar-refractivity contribution >= 4 is 17.7 Å². The maximum atomic E-state index is 12.3. The van der Waals surface area contributed by atoms with Gasteiger partial charge in [0.25, 0.3) is 0 Å². The van der Waals surface area contributed by atoms with Crippen molar-refractivity contribution in [2.24, 2.45) is 0 Å². The van der Waals surface area contributed by atoms with Gasteiger partial charge in [-0.15, -0.1) is 0 Å². The highest BCUT2D eigenvalue weighted by molar-refractivity contribution is 8.00. The summed E-state index contributed by atoms with van der Waals surface area (Å²) < 4.78 is 36.8. The van der Waals surface area contributed by atoms with Crippen LogP contribution in [0.2, 0.25) is 0 Å². The molecular formula is C11H7F3N2O2S. The zero-order chi connectivity index (χ0) is 14.0. The van der Waals surface area contributed by atoms with Crippen LogP contribution in [0.15, 0.2) is 35.4 Å². The molecule has 0 aliphatic carbocycles. The highest BCUT2D eigenvalue weighted by atomic mass is 32.2. The van der Waals surface area contributed by atoms with Gasteiger partial charge in [0.05, 0.1) is 11.9 Å². The highest BCUT2D eigenvalue weighted by Gasteiger charge is 2.29. The molecule has 1 aromatic heterocycles. The van der Waals surface area contributed by atoms with Crippen molar-refractivity contribution in [3.63, 3.8) is 0 Å². The second kappa shape index (κ2) is 4.96. The van der Waals surface area contributed by atoms with Gasteiger partial charge in [-0.05, 0) is 23.9 Å². The molecule has 1 heterocycles. The predicted molar refractivity (Wildman–Crippen MR) is 62.9 cm³/mol. The van der Waals surface area contributed by atoms with Gasteiger partial charge in [-0.1, -0.05) is 12.1 Å². The van der Waals surface area contributed by atoms with E-state index in [1.165, 1.54) is 24.3 Å². The van der Waals surface area contributed by atoms with Gasteiger partial charge < -0.3 is 5.11 Å². The molecule has 1 aromatic carbocycles. The minimum atomic E-state index is -4.39. The summed E-state index contributed by atoms with van der Waals surface area (Å²) in [5.41, 5.74) is -3.96. The number of aromatic nitrogens is 2. The number of carboxylic acid groups (broad SMARTS) is 1. The SMILES string of the molecule is O=C(O)c1cn[nH]c1-c1cccc(SC(F)(F)F)c1. The molecular weight excluding hydrogens is 281 g/mol. The maximum Gasteiger partial charge on any atom is 0.446 e. The molecule has 4 nitrogen and oxygen atoms in total. The van der Waals surface area contributed by atoms with E-state index in [1.54, 1.807) is 0 Å². The first-order valence-corrected chi connectivity index (χ1v) is 5.81. The van der Waals surface area contributed by atoms with Crippen LogP contribution in [0.3, 0.4) is 0 Å². The molecule has 0 unspecified atom stereocenters. The minimum Gasteiger partial charge on any atom is -0.478 e. The van der Waals surface area contributed by atoms with Crippen LogP contribution >= 0.6 is 11.8 Å². The fraction of sp³-hybridized carbons (Fsp3) is 0.0909. The summed E-state index contributed by atoms with van der Waals surface area (Å²) >= 11 is -0.255. The Morgan fingerprint density at radius 2 is 2.11 bits per heavy atom. The van der Waals surface area contributed by atoms with Gasteiger partial charge in [-0.2, -0.15) is 18.3 Å². The van der Waals surface area contributed by atoms with Crippen molar-refractivity contribution in [3.8, 4) is 11.3 Å². The highest BCUT2D eigenvalue weighted by Crippen LogP contribution is 2.38. The van der Waals surface area contributed by atoms with E-state index in [0.717, 1.165) is 6.20 Å². The lowest BCUT2D eigenvalue weighted by atomic mass is 10.1. The summed E-state index contributed by atoms with van der Waals surface area (Å²) in [4.78, 5) is 10.9. The third kappa shape index (κ3) is 3.28. The van der Waals surface area contributed by atoms with Crippen LogP contribution < -0.4 is 0 Å². The molecule has 0 atom stereocenters. The fourth-order valence-electron chi connectivity index (χ4n) is 1.52. The van der Waals surface area contributed by atoms with Crippen molar-refractivity contribution in [3.05, 3.63) is 36.0 Å². The van der Waals surface area contributed by atoms with Crippen molar-refractivity contribution in [1.82, 2.24) is 10.2 Å². The van der Waals surface area contributed by atoms with E-state index in [4.69, 9.17) is 5.11 Å². The zero-order valence-electron chi connectivity index (χ0n) is 9.23. The van der Waals surface area contributed by atoms with E-state index in [2.05, 4.69) is 10.2 Å². The Balaban J connectivity index is 2.38. The number of halogens is 3. The molecule has 8 heteroatoms. The van der Waals surface area contributed by atoms with Crippen LogP contribution in [0.4, 0.5) is 13.2 Å². The number of aromatic carboxylic acids is 1. The van der Waals surface area contributed by atoms with Gasteiger partial charge in [0.2, 0.25) is 0 Å². The van der Waals surface area contributed by atoms with E-state index in [1.807, 2.05) is 0 Å². The van der Waals surface area contributed by atoms with Gasteiger partial charge >= 0.3 is 11.5 Å². The molecule has 0 saturated carbocycles. The van der Waals surface area contributed by atoms with Crippen LogP contribution in [0, 0.1) is 0 Å². The van der Waals surface area contributed by atoms with Crippen LogP contribution in [0.25, 0.3) is 11.3 Å². The Labute approximate surface area is 109 Å². The van der Waals surface area contributed by atoms with Gasteiger partial charge in [0, 0.05) is 10.5 Å². The summed E-state index contributed by atoms with van der Waals surface area (Å²) in [6.07, 6.45) is 1.11. The third-order valence-corrected chi connectivity index (χ3v) is 2.95. The van der Waals surface area contributed by atoms with E-state index in [-0.39, 0.29) is 27.9 Å². The summed E-state index contributed by atoms with van der Waals surface area (Å²) in [6.45, 7) is 0. The van der Waals surface area contributed by atoms with Crippen molar-refractivity contribution in [2.75, 3.05) is 0 Å². The second-order valence-corrected chi connectivity index (χ2v) is 4.68. The average molecular weight is 288 g/mol. The lowest BCUT2D eigenvalue weighted by molar-refractivity contribution is -0.0328. The van der Waals surface area contributed by atoms with Crippen LogP contribution in [-0.2, 0) is 0 Å². The molecule has 0 bridgehead atoms. The number of rotatable bonds is 3. The summed E-state index contributed by atoms with van der Waals surface area (Å²) in [7, 11) is 0. The topological polar surface area (TPSA) is 66.0 Å². The molecule has 19 heavy (non-hydrogen) atoms. The first-order valence-electron chi connectivity index (χ1n) is 4.99. The van der Waals surface area contributed by atoms with Crippen LogP contribution in [-0.4, -0.2) is 26.8 Å². The zero-order valence-corrected chi connectivity index (χ0v) is 10.0. The Hall–Kier alpha value is -1.96. The summed E-state index contributed by atoms with van der Waals surface area (Å²) in [5, 5.41) is 15.0. The predicted octanol–water partition coefficient (Wildman–Crippen LogP) is 3.39. The minimum absolute atomic E-state index is 0.0176. The van der Waals surface area contributed by atoms with E-state index < -0.39 is 11.5 Å². The number of aromatic amines is 1. The second-order valence-electron chi connectivity index (χ2n) is 3.54. The molecule has 0 aliphatic heterocycles. The molecule has 0 aliphatic rings. The number of benzene rings is 1. The average Bonchev–Trinajstić information content (AvgIpc) is 2.75. The fourth-order valence-corrected chi connectivity index (χ4v) is 2.12. The molecule has 0 spiro atoms. The van der Waals surface area contributed by atoms with Gasteiger partial charge in [-0.3, -0.25) is 5.10 Å². The molecule has 2 rings (SSSR count). The first-order chi connectivity index (χ1) is 8.87. The molecule has 0 saturated heterocycles. The Kier molecular flexibility index (Phi) is 3.52. The van der Waals surface area contributed by atoms with E-state index in [9.17, 15) is 18.0 Å². The molecule has 0 fully saturated rings. The lowest BCUT2D eigenvalue weighted by Crippen LogP contribution is -1.99. The van der Waals surface area contributed by atoms with Crippen molar-refractivity contribution < 1.29 is 23.1 Å². The Bertz CT molecular complexity index is 610. The molecule has 2 N–H and O–H groups in total. The number of alkyl halides is 3. The number of hydrogen-bond donors (Lipinski definition) is 2. The van der Waals surface area contributed by atoms with Gasteiger partial charge in [0.1, 0.15) is 5.56 Å². The Morgan fingerprint density at radius 3 is 2.74 bits per heavy atom. The Morgan fingerprint density at radius 1 is 1.37 bits per heavy atom. The first kappa shape index (κ1) is 13.5. The standard InChI is InChI=1S/C11H7F3N2O2S/c12-11(13,14)19-7-3-1-2-6(4-7)9-8(10(17)18)5-15-16-9/h1-5H,(H,15,16)(H,17,18). The van der Waals surface area contributed by atoms with Gasteiger partial charge in [0.15, 0.2) is 0 Å². The summed E-state index contributed by atoms with van der Waals surface area (Å²) in [6, 6.07) is 5.51. The van der Waals surface area contributed by atoms with Crippen molar-refractivity contribution in [1.29, 1.82) is 0 Å². The van der Waals surface area contributed by atoms with Crippen molar-refractivity contribution in [2.45, 2.75) is 10.4 Å². The molecule has 0 amide bonds. The third-order valence-electron chi connectivity index (χ3n) is 2.23. The monoisotopic (exact) mass is 288 g/mol. The van der Waals surface area contributed by atoms with Gasteiger partial charge in [-0.25, -0.2) is 4.79 Å². The number of carbonyl (C=O) groups is 1. The largest absolute Gasteiger partial charge is 0.478 e. The normalized spacial score (nSPS) is 11.5. The number of thioether (sulfide) groups is 1. The number of nitrogens with one attached hydrogen (secondary N) is 1. The number of carboxylic acids is 1. The molecule has 2 aromatic rings. The van der Waals surface area contributed by atoms with Crippen LogP contribution in [0.1, 0.15) is 10.4 Å². The van der Waals surface area contributed by atoms with E-state index >= 15 is 0 Å². The lowest BCUT2D eigenvalue weighted by Gasteiger charge is -2.07. The van der Waals surface area contributed by atoms with Crippen LogP contribution in [0.5, 0.6) is 0 Å². The van der Waals surface area contributed by atoms with E-state index in [0.29, 0.717) is 5.56 Å². The molecule has 100 valence electrons. The summed E-state index contributed by atoms with van der Waals surface area (Å²) in [5.74, 6) is -1.20.